The van der Waals surface area contributed by atoms with Gasteiger partial charge in [-0.25, -0.2) is 0 Å². The Labute approximate surface area is 88.6 Å². The van der Waals surface area contributed by atoms with E-state index in [1.54, 1.807) is 0 Å². The van der Waals surface area contributed by atoms with Crippen LogP contribution in [0.25, 0.3) is 0 Å². The molecule has 0 amide bonds. The van der Waals surface area contributed by atoms with E-state index in [-0.39, 0.29) is 12.6 Å². The summed E-state index contributed by atoms with van der Waals surface area (Å²) < 4.78 is 38.1. The third-order valence-electron chi connectivity index (χ3n) is 3.17. The van der Waals surface area contributed by atoms with E-state index in [0.717, 1.165) is 12.8 Å². The highest BCUT2D eigenvalue weighted by Crippen LogP contribution is 2.30. The fraction of sp³-hybridized carbons (Fsp3) is 1.00. The smallest absolute Gasteiger partial charge is 0.329 e. The zero-order chi connectivity index (χ0) is 11.6. The highest BCUT2D eigenvalue weighted by Gasteiger charge is 2.45. The second-order valence-corrected chi connectivity index (χ2v) is 4.52. The highest BCUT2D eigenvalue weighted by molar-refractivity contribution is 4.87. The molecule has 0 bridgehead atoms. The van der Waals surface area contributed by atoms with E-state index in [2.05, 4.69) is 0 Å². The maximum Gasteiger partial charge on any atom is 0.405 e. The standard InChI is InChI=1S/C10H19F3N2/c1-7-3-4-8(2)15(6-7)9(5-14)10(11,12)13/h7-9H,3-6,14H2,1-2H3. The average Bonchev–Trinajstić information content (AvgIpc) is 2.10. The summed E-state index contributed by atoms with van der Waals surface area (Å²) in [7, 11) is 0. The van der Waals surface area contributed by atoms with E-state index in [1.807, 2.05) is 13.8 Å². The number of halogens is 3. The van der Waals surface area contributed by atoms with Gasteiger partial charge in [0.25, 0.3) is 0 Å². The van der Waals surface area contributed by atoms with Crippen LogP contribution >= 0.6 is 0 Å². The van der Waals surface area contributed by atoms with Crippen molar-refractivity contribution in [3.8, 4) is 0 Å². The summed E-state index contributed by atoms with van der Waals surface area (Å²) in [6, 6.07) is -1.49. The normalized spacial score (nSPS) is 31.6. The molecule has 1 aliphatic heterocycles. The largest absolute Gasteiger partial charge is 0.405 e. The second kappa shape index (κ2) is 4.70. The Hall–Kier alpha value is -0.290. The van der Waals surface area contributed by atoms with Crippen LogP contribution in [0.4, 0.5) is 13.2 Å². The second-order valence-electron chi connectivity index (χ2n) is 4.52. The minimum Gasteiger partial charge on any atom is -0.329 e. The summed E-state index contributed by atoms with van der Waals surface area (Å²) in [5, 5.41) is 0. The minimum atomic E-state index is -4.21. The van der Waals surface area contributed by atoms with Crippen LogP contribution in [0.3, 0.4) is 0 Å². The molecule has 3 unspecified atom stereocenters. The molecule has 3 atom stereocenters. The molecule has 15 heavy (non-hydrogen) atoms. The summed E-state index contributed by atoms with van der Waals surface area (Å²) in [5.74, 6) is 0.331. The number of piperidine rings is 1. The van der Waals surface area contributed by atoms with Gasteiger partial charge in [-0.05, 0) is 25.7 Å². The maximum absolute atomic E-state index is 12.7. The van der Waals surface area contributed by atoms with E-state index < -0.39 is 12.2 Å². The first-order chi connectivity index (χ1) is 6.86. The number of hydrogen-bond acceptors (Lipinski definition) is 2. The molecule has 2 N–H and O–H groups in total. The van der Waals surface area contributed by atoms with Crippen molar-refractivity contribution in [2.75, 3.05) is 13.1 Å². The third-order valence-corrected chi connectivity index (χ3v) is 3.17. The first-order valence-electron chi connectivity index (χ1n) is 5.38. The Kier molecular flexibility index (Phi) is 4.00. The van der Waals surface area contributed by atoms with E-state index in [4.69, 9.17) is 5.73 Å². The molecular weight excluding hydrogens is 205 g/mol. The van der Waals surface area contributed by atoms with Crippen molar-refractivity contribution >= 4 is 0 Å². The molecule has 0 aliphatic carbocycles. The lowest BCUT2D eigenvalue weighted by Gasteiger charge is -2.42. The zero-order valence-corrected chi connectivity index (χ0v) is 9.22. The van der Waals surface area contributed by atoms with Crippen molar-refractivity contribution in [2.45, 2.75) is 44.9 Å². The molecular formula is C10H19F3N2. The third kappa shape index (κ3) is 3.08. The van der Waals surface area contributed by atoms with Gasteiger partial charge in [-0.3, -0.25) is 4.90 Å². The molecule has 0 spiro atoms. The van der Waals surface area contributed by atoms with Crippen molar-refractivity contribution in [2.24, 2.45) is 11.7 Å². The van der Waals surface area contributed by atoms with Crippen molar-refractivity contribution in [3.63, 3.8) is 0 Å². The number of likely N-dealkylation sites (tertiary alicyclic amines) is 1. The maximum atomic E-state index is 12.7. The van der Waals surface area contributed by atoms with Crippen LogP contribution in [0, 0.1) is 5.92 Å². The summed E-state index contributed by atoms with van der Waals surface area (Å²) >= 11 is 0. The van der Waals surface area contributed by atoms with Gasteiger partial charge in [0.05, 0.1) is 0 Å². The van der Waals surface area contributed by atoms with E-state index >= 15 is 0 Å². The topological polar surface area (TPSA) is 29.3 Å². The van der Waals surface area contributed by atoms with Gasteiger partial charge in [0.15, 0.2) is 0 Å². The minimum absolute atomic E-state index is 0.0172. The number of rotatable bonds is 2. The van der Waals surface area contributed by atoms with Crippen molar-refractivity contribution in [1.82, 2.24) is 4.90 Å². The Morgan fingerprint density at radius 2 is 1.93 bits per heavy atom. The van der Waals surface area contributed by atoms with Crippen molar-refractivity contribution in [1.29, 1.82) is 0 Å². The first-order valence-corrected chi connectivity index (χ1v) is 5.38. The lowest BCUT2D eigenvalue weighted by Crippen LogP contribution is -2.56. The van der Waals surface area contributed by atoms with Gasteiger partial charge >= 0.3 is 6.18 Å². The van der Waals surface area contributed by atoms with Crippen molar-refractivity contribution < 1.29 is 13.2 Å². The molecule has 1 rings (SSSR count). The fourth-order valence-electron chi connectivity index (χ4n) is 2.21. The monoisotopic (exact) mass is 224 g/mol. The molecule has 1 heterocycles. The zero-order valence-electron chi connectivity index (χ0n) is 9.22. The van der Waals surface area contributed by atoms with Gasteiger partial charge in [0, 0.05) is 19.1 Å². The van der Waals surface area contributed by atoms with Crippen LogP contribution < -0.4 is 5.73 Å². The number of hydrogen-bond donors (Lipinski definition) is 1. The van der Waals surface area contributed by atoms with E-state index in [1.165, 1.54) is 4.90 Å². The lowest BCUT2D eigenvalue weighted by atomic mass is 9.93. The van der Waals surface area contributed by atoms with Crippen LogP contribution in [0.15, 0.2) is 0 Å². The first kappa shape index (κ1) is 12.8. The molecule has 1 saturated heterocycles. The molecule has 1 fully saturated rings. The van der Waals surface area contributed by atoms with E-state index in [0.29, 0.717) is 12.5 Å². The molecule has 0 aromatic heterocycles. The summed E-state index contributed by atoms with van der Waals surface area (Å²) in [5.41, 5.74) is 5.24. The van der Waals surface area contributed by atoms with Gasteiger partial charge in [0.1, 0.15) is 6.04 Å². The molecule has 0 aromatic rings. The molecule has 0 aromatic carbocycles. The van der Waals surface area contributed by atoms with Gasteiger partial charge in [0.2, 0.25) is 0 Å². The average molecular weight is 224 g/mol. The fourth-order valence-corrected chi connectivity index (χ4v) is 2.21. The van der Waals surface area contributed by atoms with Crippen molar-refractivity contribution in [3.05, 3.63) is 0 Å². The Morgan fingerprint density at radius 1 is 1.33 bits per heavy atom. The Balaban J connectivity index is 2.73. The van der Waals surface area contributed by atoms with Gasteiger partial charge < -0.3 is 5.73 Å². The molecule has 0 radical (unpaired) electrons. The predicted molar refractivity (Wildman–Crippen MR) is 53.5 cm³/mol. The Bertz CT molecular complexity index is 205. The highest BCUT2D eigenvalue weighted by atomic mass is 19.4. The Morgan fingerprint density at radius 3 is 2.40 bits per heavy atom. The lowest BCUT2D eigenvalue weighted by molar-refractivity contribution is -0.191. The van der Waals surface area contributed by atoms with Gasteiger partial charge in [-0.2, -0.15) is 13.2 Å². The number of alkyl halides is 3. The van der Waals surface area contributed by atoms with Gasteiger partial charge in [-0.1, -0.05) is 6.92 Å². The molecule has 5 heteroatoms. The predicted octanol–water partition coefficient (Wildman–Crippen LogP) is 2.00. The molecule has 2 nitrogen and oxygen atoms in total. The number of nitrogens with zero attached hydrogens (tertiary/aromatic N) is 1. The SMILES string of the molecule is CC1CCC(C)N(C(CN)C(F)(F)F)C1. The quantitative estimate of drug-likeness (QED) is 0.777. The van der Waals surface area contributed by atoms with Crippen LogP contribution in [0.5, 0.6) is 0 Å². The van der Waals surface area contributed by atoms with Crippen LogP contribution in [0.2, 0.25) is 0 Å². The van der Waals surface area contributed by atoms with Crippen LogP contribution in [0.1, 0.15) is 26.7 Å². The van der Waals surface area contributed by atoms with Crippen LogP contribution in [-0.2, 0) is 0 Å². The summed E-state index contributed by atoms with van der Waals surface area (Å²) in [6.45, 7) is 3.99. The number of nitrogens with two attached hydrogens (primary N) is 1. The van der Waals surface area contributed by atoms with Gasteiger partial charge in [-0.15, -0.1) is 0 Å². The summed E-state index contributed by atoms with van der Waals surface area (Å²) in [4.78, 5) is 1.51. The molecule has 90 valence electrons. The van der Waals surface area contributed by atoms with E-state index in [9.17, 15) is 13.2 Å². The van der Waals surface area contributed by atoms with Crippen LogP contribution in [-0.4, -0.2) is 36.2 Å². The molecule has 1 aliphatic rings. The molecule has 0 saturated carbocycles. The summed E-state index contributed by atoms with van der Waals surface area (Å²) in [6.07, 6.45) is -2.37.